The van der Waals surface area contributed by atoms with Gasteiger partial charge >= 0.3 is 5.76 Å². The van der Waals surface area contributed by atoms with Gasteiger partial charge in [0.25, 0.3) is 0 Å². The maximum atomic E-state index is 12.7. The van der Waals surface area contributed by atoms with Crippen LogP contribution in [0.25, 0.3) is 22.0 Å². The maximum Gasteiger partial charge on any atom is 0.419 e. The zero-order valence-corrected chi connectivity index (χ0v) is 18.5. The van der Waals surface area contributed by atoms with E-state index in [-0.39, 0.29) is 24.8 Å². The van der Waals surface area contributed by atoms with Crippen LogP contribution in [0.2, 0.25) is 5.02 Å². The molecule has 1 unspecified atom stereocenters. The summed E-state index contributed by atoms with van der Waals surface area (Å²) in [5, 5.41) is 4.78. The normalized spacial score (nSPS) is 12.3. The SMILES string of the molecule is O=C(CCn1c(=O)oc2ccccc21)NCC(c1ccccc1Cl)c1c[nH]c2ccccc12. The van der Waals surface area contributed by atoms with Crippen molar-refractivity contribution >= 4 is 39.5 Å². The first-order valence-electron chi connectivity index (χ1n) is 10.8. The lowest BCUT2D eigenvalue weighted by molar-refractivity contribution is -0.121. The number of para-hydroxylation sites is 3. The lowest BCUT2D eigenvalue weighted by Crippen LogP contribution is -2.30. The zero-order valence-electron chi connectivity index (χ0n) is 17.8. The van der Waals surface area contributed by atoms with Gasteiger partial charge in [0.1, 0.15) is 0 Å². The molecule has 5 rings (SSSR count). The fourth-order valence-corrected chi connectivity index (χ4v) is 4.54. The Balaban J connectivity index is 1.35. The monoisotopic (exact) mass is 459 g/mol. The predicted molar refractivity (Wildman–Crippen MR) is 130 cm³/mol. The summed E-state index contributed by atoms with van der Waals surface area (Å²) in [4.78, 5) is 28.2. The standard InChI is InChI=1S/C26H22ClN3O3/c27-21-9-3-1-7-17(21)19(20-15-28-22-10-4-2-8-18(20)22)16-29-25(31)13-14-30-23-11-5-6-12-24(23)33-26(30)32/h1-12,15,19,28H,13-14,16H2,(H,29,31). The van der Waals surface area contributed by atoms with Gasteiger partial charge in [0.2, 0.25) is 5.91 Å². The third kappa shape index (κ3) is 4.17. The molecule has 7 heteroatoms. The summed E-state index contributed by atoms with van der Waals surface area (Å²) >= 11 is 6.53. The molecule has 0 aliphatic rings. The topological polar surface area (TPSA) is 80.0 Å². The fraction of sp³-hybridized carbons (Fsp3) is 0.154. The number of amides is 1. The molecule has 2 aromatic heterocycles. The number of oxazole rings is 1. The quantitative estimate of drug-likeness (QED) is 0.356. The molecule has 1 amide bonds. The van der Waals surface area contributed by atoms with E-state index in [0.29, 0.717) is 22.7 Å². The molecule has 1 atom stereocenters. The van der Waals surface area contributed by atoms with Gasteiger partial charge in [-0.05, 0) is 35.4 Å². The second-order valence-electron chi connectivity index (χ2n) is 7.91. The summed E-state index contributed by atoms with van der Waals surface area (Å²) in [6.07, 6.45) is 2.13. The van der Waals surface area contributed by atoms with E-state index in [1.54, 1.807) is 6.07 Å². The van der Waals surface area contributed by atoms with Crippen molar-refractivity contribution < 1.29 is 9.21 Å². The maximum absolute atomic E-state index is 12.7. The van der Waals surface area contributed by atoms with Crippen LogP contribution in [0.5, 0.6) is 0 Å². The van der Waals surface area contributed by atoms with Gasteiger partial charge in [-0.25, -0.2) is 4.79 Å². The Morgan fingerprint density at radius 3 is 2.64 bits per heavy atom. The van der Waals surface area contributed by atoms with E-state index in [0.717, 1.165) is 22.0 Å². The van der Waals surface area contributed by atoms with Gasteiger partial charge in [0, 0.05) is 47.6 Å². The molecule has 0 bridgehead atoms. The number of nitrogens with zero attached hydrogens (tertiary/aromatic N) is 1. The average molecular weight is 460 g/mol. The second-order valence-corrected chi connectivity index (χ2v) is 8.31. The number of fused-ring (bicyclic) bond motifs is 2. The van der Waals surface area contributed by atoms with Gasteiger partial charge in [0.15, 0.2) is 5.58 Å². The van der Waals surface area contributed by atoms with Gasteiger partial charge in [0.05, 0.1) is 5.52 Å². The third-order valence-corrected chi connectivity index (χ3v) is 6.26. The van der Waals surface area contributed by atoms with E-state index in [1.807, 2.05) is 66.9 Å². The van der Waals surface area contributed by atoms with Crippen LogP contribution in [0.15, 0.2) is 88.2 Å². The van der Waals surface area contributed by atoms with Crippen molar-refractivity contribution in [1.82, 2.24) is 14.9 Å². The number of benzene rings is 3. The molecule has 166 valence electrons. The number of hydrogen-bond acceptors (Lipinski definition) is 3. The largest absolute Gasteiger partial charge is 0.419 e. The summed E-state index contributed by atoms with van der Waals surface area (Å²) in [5.74, 6) is -0.739. The van der Waals surface area contributed by atoms with Crippen molar-refractivity contribution in [3.8, 4) is 0 Å². The first-order chi connectivity index (χ1) is 16.1. The molecule has 2 heterocycles. The van der Waals surface area contributed by atoms with E-state index in [4.69, 9.17) is 16.0 Å². The summed E-state index contributed by atoms with van der Waals surface area (Å²) in [7, 11) is 0. The molecule has 0 aliphatic carbocycles. The molecule has 0 saturated heterocycles. The van der Waals surface area contributed by atoms with E-state index in [9.17, 15) is 9.59 Å². The number of nitrogens with one attached hydrogen (secondary N) is 2. The minimum atomic E-state index is -0.461. The molecule has 5 aromatic rings. The molecule has 0 aliphatic heterocycles. The molecule has 0 spiro atoms. The van der Waals surface area contributed by atoms with Gasteiger partial charge < -0.3 is 14.7 Å². The number of carbonyl (C=O) groups is 1. The van der Waals surface area contributed by atoms with Gasteiger partial charge in [-0.1, -0.05) is 60.1 Å². The van der Waals surface area contributed by atoms with E-state index in [2.05, 4.69) is 16.4 Å². The lowest BCUT2D eigenvalue weighted by atomic mass is 9.90. The summed E-state index contributed by atoms with van der Waals surface area (Å²) < 4.78 is 6.73. The number of halogens is 1. The number of aryl methyl sites for hydroxylation is 1. The highest BCUT2D eigenvalue weighted by atomic mass is 35.5. The fourth-order valence-electron chi connectivity index (χ4n) is 4.27. The number of aromatic amines is 1. The molecule has 0 radical (unpaired) electrons. The summed E-state index contributed by atoms with van der Waals surface area (Å²) in [5.41, 5.74) is 4.24. The molecule has 2 N–H and O–H groups in total. The van der Waals surface area contributed by atoms with Crippen LogP contribution in [-0.2, 0) is 11.3 Å². The van der Waals surface area contributed by atoms with Crippen LogP contribution in [0.3, 0.4) is 0 Å². The minimum absolute atomic E-state index is 0.128. The highest BCUT2D eigenvalue weighted by Gasteiger charge is 2.21. The average Bonchev–Trinajstić information content (AvgIpc) is 3.39. The summed E-state index contributed by atoms with van der Waals surface area (Å²) in [6, 6.07) is 22.9. The first kappa shape index (κ1) is 21.1. The predicted octanol–water partition coefficient (Wildman–Crippen LogP) is 5.07. The van der Waals surface area contributed by atoms with Gasteiger partial charge in [-0.15, -0.1) is 0 Å². The lowest BCUT2D eigenvalue weighted by Gasteiger charge is -2.19. The smallest absolute Gasteiger partial charge is 0.408 e. The van der Waals surface area contributed by atoms with Crippen molar-refractivity contribution in [3.05, 3.63) is 106 Å². The number of H-pyrrole nitrogens is 1. The molecular formula is C26H22ClN3O3. The van der Waals surface area contributed by atoms with E-state index >= 15 is 0 Å². The van der Waals surface area contributed by atoms with Crippen molar-refractivity contribution in [3.63, 3.8) is 0 Å². The van der Waals surface area contributed by atoms with Crippen LogP contribution in [0.1, 0.15) is 23.5 Å². The van der Waals surface area contributed by atoms with Crippen LogP contribution in [0, 0.1) is 0 Å². The van der Waals surface area contributed by atoms with Crippen molar-refractivity contribution in [1.29, 1.82) is 0 Å². The van der Waals surface area contributed by atoms with Crippen LogP contribution >= 0.6 is 11.6 Å². The molecule has 0 fully saturated rings. The Labute approximate surface area is 194 Å². The first-order valence-corrected chi connectivity index (χ1v) is 11.1. The minimum Gasteiger partial charge on any atom is -0.408 e. The number of carbonyl (C=O) groups excluding carboxylic acids is 1. The number of rotatable bonds is 7. The number of aromatic nitrogens is 2. The third-order valence-electron chi connectivity index (χ3n) is 5.92. The van der Waals surface area contributed by atoms with Crippen LogP contribution < -0.4 is 11.1 Å². The molecule has 33 heavy (non-hydrogen) atoms. The van der Waals surface area contributed by atoms with E-state index in [1.165, 1.54) is 4.57 Å². The summed E-state index contributed by atoms with van der Waals surface area (Å²) in [6.45, 7) is 0.622. The number of hydrogen-bond donors (Lipinski definition) is 2. The molecule has 6 nitrogen and oxygen atoms in total. The molecule has 0 saturated carbocycles. The molecular weight excluding hydrogens is 438 g/mol. The van der Waals surface area contributed by atoms with Gasteiger partial charge in [-0.2, -0.15) is 0 Å². The van der Waals surface area contributed by atoms with Crippen molar-refractivity contribution in [2.75, 3.05) is 6.54 Å². The Bertz CT molecular complexity index is 1500. The van der Waals surface area contributed by atoms with Crippen molar-refractivity contribution in [2.45, 2.75) is 18.9 Å². The highest BCUT2D eigenvalue weighted by Crippen LogP contribution is 2.34. The van der Waals surface area contributed by atoms with Crippen LogP contribution in [-0.4, -0.2) is 22.0 Å². The van der Waals surface area contributed by atoms with Crippen LogP contribution in [0.4, 0.5) is 0 Å². The Morgan fingerprint density at radius 1 is 1.00 bits per heavy atom. The van der Waals surface area contributed by atoms with Crippen molar-refractivity contribution in [2.24, 2.45) is 0 Å². The van der Waals surface area contributed by atoms with Gasteiger partial charge in [-0.3, -0.25) is 9.36 Å². The Hall–Kier alpha value is -3.77. The Kier molecular flexibility index (Phi) is 5.75. The second kappa shape index (κ2) is 9.00. The van der Waals surface area contributed by atoms with E-state index < -0.39 is 5.76 Å². The highest BCUT2D eigenvalue weighted by molar-refractivity contribution is 6.31. The Morgan fingerprint density at radius 2 is 1.76 bits per heavy atom. The molecule has 3 aromatic carbocycles. The zero-order chi connectivity index (χ0) is 22.8.